The van der Waals surface area contributed by atoms with E-state index < -0.39 is 0 Å². The molecule has 1 aliphatic carbocycles. The van der Waals surface area contributed by atoms with Crippen LogP contribution in [0, 0.1) is 5.92 Å². The van der Waals surface area contributed by atoms with Crippen LogP contribution < -0.4 is 5.73 Å². The lowest BCUT2D eigenvalue weighted by molar-refractivity contribution is -0.0670. The van der Waals surface area contributed by atoms with Crippen molar-refractivity contribution >= 4 is 0 Å². The fraction of sp³-hybridized carbons (Fsp3) is 0.846. The Morgan fingerprint density at radius 1 is 1.50 bits per heavy atom. The molecular weight excluding hydrogens is 202 g/mol. The lowest BCUT2D eigenvalue weighted by Gasteiger charge is -2.42. The van der Waals surface area contributed by atoms with Crippen molar-refractivity contribution < 1.29 is 9.47 Å². The molecule has 0 aromatic rings. The Balaban J connectivity index is 2.08. The van der Waals surface area contributed by atoms with Crippen LogP contribution in [0.15, 0.2) is 11.8 Å². The van der Waals surface area contributed by atoms with E-state index in [0.29, 0.717) is 0 Å². The molecule has 2 aliphatic rings. The molecule has 0 aromatic heterocycles. The van der Waals surface area contributed by atoms with Gasteiger partial charge in [0, 0.05) is 13.5 Å². The number of rotatable bonds is 3. The van der Waals surface area contributed by atoms with Gasteiger partial charge in [0.25, 0.3) is 0 Å². The highest BCUT2D eigenvalue weighted by atomic mass is 16.5. The molecule has 0 saturated heterocycles. The van der Waals surface area contributed by atoms with E-state index >= 15 is 0 Å². The zero-order valence-electron chi connectivity index (χ0n) is 10.4. The quantitative estimate of drug-likeness (QED) is 0.801. The predicted molar refractivity (Wildman–Crippen MR) is 64.0 cm³/mol. The van der Waals surface area contributed by atoms with Crippen LogP contribution in [0.4, 0.5) is 0 Å². The monoisotopic (exact) mass is 225 g/mol. The van der Waals surface area contributed by atoms with Crippen LogP contribution in [-0.4, -0.2) is 25.4 Å². The van der Waals surface area contributed by atoms with Crippen molar-refractivity contribution in [1.29, 1.82) is 0 Å². The van der Waals surface area contributed by atoms with Crippen LogP contribution in [0.5, 0.6) is 0 Å². The maximum atomic E-state index is 6.33. The van der Waals surface area contributed by atoms with Crippen LogP contribution in [0.3, 0.4) is 0 Å². The third kappa shape index (κ3) is 2.11. The number of nitrogens with two attached hydrogens (primary N) is 1. The van der Waals surface area contributed by atoms with E-state index in [0.717, 1.165) is 37.5 Å². The third-order valence-electron chi connectivity index (χ3n) is 4.13. The maximum absolute atomic E-state index is 6.33. The zero-order chi connectivity index (χ0) is 11.6. The van der Waals surface area contributed by atoms with E-state index in [4.69, 9.17) is 15.2 Å². The molecule has 2 N–H and O–H groups in total. The average molecular weight is 225 g/mol. The molecule has 16 heavy (non-hydrogen) atoms. The third-order valence-corrected chi connectivity index (χ3v) is 4.13. The summed E-state index contributed by atoms with van der Waals surface area (Å²) in [5.41, 5.74) is 6.13. The van der Waals surface area contributed by atoms with Gasteiger partial charge >= 0.3 is 0 Å². The smallest absolute Gasteiger partial charge is 0.112 e. The topological polar surface area (TPSA) is 44.5 Å². The van der Waals surface area contributed by atoms with Crippen LogP contribution in [0.1, 0.15) is 39.0 Å². The molecular formula is C13H23NO2. The Hall–Kier alpha value is -0.540. The van der Waals surface area contributed by atoms with Gasteiger partial charge in [-0.25, -0.2) is 0 Å². The van der Waals surface area contributed by atoms with Crippen molar-refractivity contribution in [2.24, 2.45) is 11.7 Å². The van der Waals surface area contributed by atoms with Crippen molar-refractivity contribution in [3.05, 3.63) is 11.8 Å². The minimum absolute atomic E-state index is 0.0903. The highest BCUT2D eigenvalue weighted by Gasteiger charge is 2.42. The molecule has 2 rings (SSSR count). The van der Waals surface area contributed by atoms with Crippen molar-refractivity contribution in [2.45, 2.75) is 50.7 Å². The lowest BCUT2D eigenvalue weighted by Crippen LogP contribution is -2.52. The van der Waals surface area contributed by atoms with Gasteiger partial charge in [-0.15, -0.1) is 0 Å². The fourth-order valence-corrected chi connectivity index (χ4v) is 2.81. The maximum Gasteiger partial charge on any atom is 0.112 e. The Labute approximate surface area is 98.0 Å². The molecule has 1 saturated carbocycles. The van der Waals surface area contributed by atoms with Gasteiger partial charge < -0.3 is 15.2 Å². The molecule has 1 unspecified atom stereocenters. The summed E-state index contributed by atoms with van der Waals surface area (Å²) in [7, 11) is 1.78. The molecule has 0 spiro atoms. The number of methoxy groups -OCH3 is 1. The lowest BCUT2D eigenvalue weighted by atomic mass is 9.75. The van der Waals surface area contributed by atoms with Crippen molar-refractivity contribution in [1.82, 2.24) is 0 Å². The van der Waals surface area contributed by atoms with Crippen molar-refractivity contribution in [2.75, 3.05) is 13.7 Å². The highest BCUT2D eigenvalue weighted by molar-refractivity contribution is 5.14. The standard InChI is InChI=1S/C13H23NO2/c1-10-5-7-13(15-2,8-6-10)12(14)11-4-3-9-16-11/h4,10,12H,3,5-9,14H2,1-2H3. The van der Waals surface area contributed by atoms with E-state index in [1.54, 1.807) is 7.11 Å². The summed E-state index contributed by atoms with van der Waals surface area (Å²) in [5, 5.41) is 0. The molecule has 0 bridgehead atoms. The Morgan fingerprint density at radius 2 is 2.19 bits per heavy atom. The normalized spacial score (nSPS) is 36.7. The predicted octanol–water partition coefficient (Wildman–Crippen LogP) is 2.21. The first-order valence-electron chi connectivity index (χ1n) is 6.31. The molecule has 1 fully saturated rings. The molecule has 92 valence electrons. The molecule has 1 atom stereocenters. The average Bonchev–Trinajstić information content (AvgIpc) is 2.83. The van der Waals surface area contributed by atoms with E-state index in [-0.39, 0.29) is 11.6 Å². The molecule has 0 radical (unpaired) electrons. The molecule has 3 nitrogen and oxygen atoms in total. The number of hydrogen-bond acceptors (Lipinski definition) is 3. The fourth-order valence-electron chi connectivity index (χ4n) is 2.81. The minimum atomic E-state index is -0.192. The van der Waals surface area contributed by atoms with Gasteiger partial charge in [-0.3, -0.25) is 0 Å². The van der Waals surface area contributed by atoms with Gasteiger partial charge in [-0.1, -0.05) is 6.92 Å². The summed E-state index contributed by atoms with van der Waals surface area (Å²) in [5.74, 6) is 1.74. The summed E-state index contributed by atoms with van der Waals surface area (Å²) in [6, 6.07) is -0.0903. The summed E-state index contributed by atoms with van der Waals surface area (Å²) in [4.78, 5) is 0. The van der Waals surface area contributed by atoms with Gasteiger partial charge in [0.05, 0.1) is 18.2 Å². The molecule has 1 heterocycles. The summed E-state index contributed by atoms with van der Waals surface area (Å²) < 4.78 is 11.3. The molecule has 1 aliphatic heterocycles. The van der Waals surface area contributed by atoms with Gasteiger partial charge in [0.15, 0.2) is 0 Å². The zero-order valence-corrected chi connectivity index (χ0v) is 10.4. The minimum Gasteiger partial charge on any atom is -0.496 e. The molecule has 0 amide bonds. The second-order valence-corrected chi connectivity index (χ2v) is 5.17. The van der Waals surface area contributed by atoms with Crippen molar-refractivity contribution in [3.8, 4) is 0 Å². The SMILES string of the molecule is COC1(C(N)C2=CCCO2)CCC(C)CC1. The van der Waals surface area contributed by atoms with Crippen LogP contribution in [-0.2, 0) is 9.47 Å². The Bertz CT molecular complexity index is 267. The van der Waals surface area contributed by atoms with Gasteiger partial charge in [-0.2, -0.15) is 0 Å². The van der Waals surface area contributed by atoms with E-state index in [2.05, 4.69) is 13.0 Å². The van der Waals surface area contributed by atoms with E-state index in [9.17, 15) is 0 Å². The summed E-state index contributed by atoms with van der Waals surface area (Å²) in [6.45, 7) is 3.08. The Morgan fingerprint density at radius 3 is 2.69 bits per heavy atom. The van der Waals surface area contributed by atoms with Crippen molar-refractivity contribution in [3.63, 3.8) is 0 Å². The van der Waals surface area contributed by atoms with E-state index in [1.807, 2.05) is 0 Å². The van der Waals surface area contributed by atoms with Gasteiger partial charge in [0.2, 0.25) is 0 Å². The second kappa shape index (κ2) is 4.76. The first kappa shape index (κ1) is 11.9. The highest BCUT2D eigenvalue weighted by Crippen LogP contribution is 2.38. The summed E-state index contributed by atoms with van der Waals surface area (Å²) >= 11 is 0. The first-order chi connectivity index (χ1) is 7.68. The van der Waals surface area contributed by atoms with Gasteiger partial charge in [-0.05, 0) is 37.7 Å². The van der Waals surface area contributed by atoms with E-state index in [1.165, 1.54) is 12.8 Å². The van der Waals surface area contributed by atoms with Gasteiger partial charge in [0.1, 0.15) is 5.76 Å². The van der Waals surface area contributed by atoms with Crippen LogP contribution in [0.25, 0.3) is 0 Å². The summed E-state index contributed by atoms with van der Waals surface area (Å²) in [6.07, 6.45) is 7.60. The van der Waals surface area contributed by atoms with Crippen LogP contribution in [0.2, 0.25) is 0 Å². The molecule has 0 aromatic carbocycles. The van der Waals surface area contributed by atoms with Crippen LogP contribution >= 0.6 is 0 Å². The Kier molecular flexibility index (Phi) is 3.55. The first-order valence-corrected chi connectivity index (χ1v) is 6.31. The largest absolute Gasteiger partial charge is 0.496 e. The number of ether oxygens (including phenoxy) is 2. The second-order valence-electron chi connectivity index (χ2n) is 5.17. The number of hydrogen-bond donors (Lipinski definition) is 1. The molecule has 3 heteroatoms.